The standard InChI is InChI=1S/C23H23F3N2O3S/c1-3-31-18-11-9-17(10-12-18)20(16-7-5-4-6-8-16)28-19(29)13-22(30,23(24,25)26)21-27-15(2)14-32-21/h4-12,14,20,30H,3,13H2,1-2H3,(H,28,29)/t20-,22-/m0/s1. The van der Waals surface area contributed by atoms with E-state index in [4.69, 9.17) is 4.74 Å². The number of halogens is 3. The first-order valence-electron chi connectivity index (χ1n) is 9.93. The summed E-state index contributed by atoms with van der Waals surface area (Å²) < 4.78 is 46.8. The van der Waals surface area contributed by atoms with E-state index in [0.29, 0.717) is 40.5 Å². The van der Waals surface area contributed by atoms with Crippen molar-refractivity contribution in [2.24, 2.45) is 0 Å². The van der Waals surface area contributed by atoms with Gasteiger partial charge in [0.25, 0.3) is 0 Å². The molecule has 0 radical (unpaired) electrons. The molecule has 0 fully saturated rings. The monoisotopic (exact) mass is 464 g/mol. The molecule has 0 saturated heterocycles. The highest BCUT2D eigenvalue weighted by atomic mass is 32.1. The van der Waals surface area contributed by atoms with Crippen LogP contribution in [0.4, 0.5) is 13.2 Å². The van der Waals surface area contributed by atoms with E-state index >= 15 is 0 Å². The quantitative estimate of drug-likeness (QED) is 0.498. The minimum Gasteiger partial charge on any atom is -0.494 e. The summed E-state index contributed by atoms with van der Waals surface area (Å²) in [4.78, 5) is 16.6. The number of rotatable bonds is 8. The van der Waals surface area contributed by atoms with Gasteiger partial charge in [0.15, 0.2) is 0 Å². The van der Waals surface area contributed by atoms with Gasteiger partial charge in [0.1, 0.15) is 10.8 Å². The van der Waals surface area contributed by atoms with Gasteiger partial charge in [-0.2, -0.15) is 13.2 Å². The number of aryl methyl sites for hydroxylation is 1. The number of aromatic nitrogens is 1. The van der Waals surface area contributed by atoms with E-state index < -0.39 is 35.2 Å². The molecular weight excluding hydrogens is 441 g/mol. The number of aliphatic hydroxyl groups is 1. The SMILES string of the molecule is CCOc1ccc([C@@H](NC(=O)C[C@](O)(c2nc(C)cs2)C(F)(F)F)c2ccccc2)cc1. The van der Waals surface area contributed by atoms with Crippen molar-refractivity contribution in [3.8, 4) is 5.75 Å². The molecule has 0 aliphatic heterocycles. The molecule has 0 unspecified atom stereocenters. The third-order valence-corrected chi connectivity index (χ3v) is 5.93. The van der Waals surface area contributed by atoms with Crippen LogP contribution in [0.2, 0.25) is 0 Å². The van der Waals surface area contributed by atoms with Crippen molar-refractivity contribution in [1.29, 1.82) is 0 Å². The van der Waals surface area contributed by atoms with Crippen molar-refractivity contribution in [2.45, 2.75) is 38.1 Å². The number of nitrogens with one attached hydrogen (secondary N) is 1. The third kappa shape index (κ3) is 5.28. The second-order valence-electron chi connectivity index (χ2n) is 7.24. The van der Waals surface area contributed by atoms with Crippen LogP contribution < -0.4 is 10.1 Å². The van der Waals surface area contributed by atoms with E-state index in [1.165, 1.54) is 12.3 Å². The molecular formula is C23H23F3N2O3S. The van der Waals surface area contributed by atoms with Crippen LogP contribution in [0.15, 0.2) is 60.0 Å². The smallest absolute Gasteiger partial charge is 0.424 e. The fraction of sp³-hybridized carbons (Fsp3) is 0.304. The van der Waals surface area contributed by atoms with Crippen molar-refractivity contribution in [3.05, 3.63) is 81.8 Å². The lowest BCUT2D eigenvalue weighted by atomic mass is 9.96. The molecule has 170 valence electrons. The Morgan fingerprint density at radius 2 is 1.75 bits per heavy atom. The predicted molar refractivity (Wildman–Crippen MR) is 115 cm³/mol. The summed E-state index contributed by atoms with van der Waals surface area (Å²) in [5, 5.41) is 14.0. The minimum atomic E-state index is -5.07. The van der Waals surface area contributed by atoms with Gasteiger partial charge in [0.2, 0.25) is 11.5 Å². The van der Waals surface area contributed by atoms with Crippen molar-refractivity contribution < 1.29 is 27.8 Å². The van der Waals surface area contributed by atoms with E-state index in [1.807, 2.05) is 6.92 Å². The van der Waals surface area contributed by atoms with Gasteiger partial charge in [-0.3, -0.25) is 4.79 Å². The molecule has 1 amide bonds. The van der Waals surface area contributed by atoms with Crippen LogP contribution in [-0.4, -0.2) is 28.8 Å². The average molecular weight is 465 g/mol. The summed E-state index contributed by atoms with van der Waals surface area (Å²) >= 11 is 0.668. The maximum atomic E-state index is 13.8. The number of carbonyl (C=O) groups excluding carboxylic acids is 1. The summed E-state index contributed by atoms with van der Waals surface area (Å²) in [6, 6.07) is 15.1. The summed E-state index contributed by atoms with van der Waals surface area (Å²) in [7, 11) is 0. The number of carbonyl (C=O) groups is 1. The van der Waals surface area contributed by atoms with E-state index in [2.05, 4.69) is 10.3 Å². The van der Waals surface area contributed by atoms with E-state index in [9.17, 15) is 23.1 Å². The topological polar surface area (TPSA) is 71.5 Å². The second-order valence-corrected chi connectivity index (χ2v) is 8.10. The number of ether oxygens (including phenoxy) is 1. The summed E-state index contributed by atoms with van der Waals surface area (Å²) in [6.07, 6.45) is -6.28. The average Bonchev–Trinajstić information content (AvgIpc) is 3.19. The molecule has 1 aromatic heterocycles. The van der Waals surface area contributed by atoms with Crippen LogP contribution >= 0.6 is 11.3 Å². The number of benzene rings is 2. The van der Waals surface area contributed by atoms with E-state index in [1.54, 1.807) is 54.6 Å². The Balaban J connectivity index is 1.89. The minimum absolute atomic E-state index is 0.338. The van der Waals surface area contributed by atoms with Gasteiger partial charge in [-0.15, -0.1) is 11.3 Å². The van der Waals surface area contributed by atoms with Gasteiger partial charge in [-0.1, -0.05) is 42.5 Å². The van der Waals surface area contributed by atoms with Gasteiger partial charge in [0.05, 0.1) is 19.1 Å². The second kappa shape index (κ2) is 9.70. The van der Waals surface area contributed by atoms with Gasteiger partial charge < -0.3 is 15.2 Å². The maximum absolute atomic E-state index is 13.8. The molecule has 3 aromatic rings. The highest BCUT2D eigenvalue weighted by Gasteiger charge is 2.58. The molecule has 5 nitrogen and oxygen atoms in total. The van der Waals surface area contributed by atoms with Gasteiger partial charge in [-0.25, -0.2) is 4.98 Å². The van der Waals surface area contributed by atoms with Crippen LogP contribution in [0.5, 0.6) is 5.75 Å². The van der Waals surface area contributed by atoms with Crippen molar-refractivity contribution >= 4 is 17.2 Å². The molecule has 0 aliphatic carbocycles. The number of thiazole rings is 1. The largest absolute Gasteiger partial charge is 0.494 e. The highest BCUT2D eigenvalue weighted by Crippen LogP contribution is 2.43. The summed E-state index contributed by atoms with van der Waals surface area (Å²) in [5.74, 6) is -0.319. The molecule has 9 heteroatoms. The Morgan fingerprint density at radius 1 is 1.12 bits per heavy atom. The number of alkyl halides is 3. The lowest BCUT2D eigenvalue weighted by molar-refractivity contribution is -0.267. The van der Waals surface area contributed by atoms with E-state index in [0.717, 1.165) is 0 Å². The van der Waals surface area contributed by atoms with Crippen molar-refractivity contribution in [2.75, 3.05) is 6.61 Å². The lowest BCUT2D eigenvalue weighted by Crippen LogP contribution is -2.46. The normalized spacial score (nSPS) is 14.4. The predicted octanol–water partition coefficient (Wildman–Crippen LogP) is 4.90. The third-order valence-electron chi connectivity index (χ3n) is 4.82. The van der Waals surface area contributed by atoms with Gasteiger partial charge in [-0.05, 0) is 37.1 Å². The number of amides is 1. The first-order chi connectivity index (χ1) is 15.1. The Hall–Kier alpha value is -2.91. The van der Waals surface area contributed by atoms with Crippen LogP contribution in [0.25, 0.3) is 0 Å². The molecule has 3 rings (SSSR count). The highest BCUT2D eigenvalue weighted by molar-refractivity contribution is 7.09. The van der Waals surface area contributed by atoms with Crippen LogP contribution in [-0.2, 0) is 10.4 Å². The summed E-state index contributed by atoms with van der Waals surface area (Å²) in [5.41, 5.74) is -1.69. The fourth-order valence-electron chi connectivity index (χ4n) is 3.21. The Labute approximate surface area is 187 Å². The van der Waals surface area contributed by atoms with Crippen molar-refractivity contribution in [1.82, 2.24) is 10.3 Å². The molecule has 0 aliphatic rings. The van der Waals surface area contributed by atoms with Gasteiger partial charge >= 0.3 is 6.18 Å². The van der Waals surface area contributed by atoms with E-state index in [-0.39, 0.29) is 0 Å². The number of hydrogen-bond donors (Lipinski definition) is 2. The fourth-order valence-corrected chi connectivity index (χ4v) is 4.13. The maximum Gasteiger partial charge on any atom is 0.424 e. The first kappa shape index (κ1) is 23.7. The Morgan fingerprint density at radius 3 is 2.28 bits per heavy atom. The molecule has 0 bridgehead atoms. The lowest BCUT2D eigenvalue weighted by Gasteiger charge is -2.29. The van der Waals surface area contributed by atoms with Crippen molar-refractivity contribution in [3.63, 3.8) is 0 Å². The van der Waals surface area contributed by atoms with Crippen LogP contribution in [0.1, 0.15) is 41.2 Å². The zero-order valence-electron chi connectivity index (χ0n) is 17.5. The number of nitrogens with zero attached hydrogens (tertiary/aromatic N) is 1. The molecule has 0 saturated carbocycles. The van der Waals surface area contributed by atoms with Gasteiger partial charge in [0, 0.05) is 11.1 Å². The zero-order valence-corrected chi connectivity index (χ0v) is 18.3. The molecule has 1 heterocycles. The number of hydrogen-bond acceptors (Lipinski definition) is 5. The molecule has 32 heavy (non-hydrogen) atoms. The molecule has 0 spiro atoms. The Kier molecular flexibility index (Phi) is 7.20. The zero-order chi connectivity index (χ0) is 23.4. The van der Waals surface area contributed by atoms with Crippen LogP contribution in [0.3, 0.4) is 0 Å². The molecule has 2 aromatic carbocycles. The Bertz CT molecular complexity index is 1040. The van der Waals surface area contributed by atoms with Crippen LogP contribution in [0, 0.1) is 6.92 Å². The first-order valence-corrected chi connectivity index (χ1v) is 10.8. The molecule has 2 atom stereocenters. The molecule has 2 N–H and O–H groups in total. The summed E-state index contributed by atoms with van der Waals surface area (Å²) in [6.45, 7) is 3.87.